The minimum Gasteiger partial charge on any atom is -0.458 e. The third-order valence-corrected chi connectivity index (χ3v) is 4.41. The van der Waals surface area contributed by atoms with Crippen LogP contribution in [0.3, 0.4) is 0 Å². The number of nitrogens with zero attached hydrogens (tertiary/aromatic N) is 1. The molecule has 2 aliphatic rings. The van der Waals surface area contributed by atoms with E-state index in [9.17, 15) is 4.79 Å². The number of ether oxygens (including phenoxy) is 1. The predicted octanol–water partition coefficient (Wildman–Crippen LogP) is 3.77. The van der Waals surface area contributed by atoms with Crippen molar-refractivity contribution < 1.29 is 9.53 Å². The molecule has 0 aromatic carbocycles. The van der Waals surface area contributed by atoms with Crippen molar-refractivity contribution in [3.05, 3.63) is 22.8 Å². The van der Waals surface area contributed by atoms with E-state index >= 15 is 0 Å². The zero-order chi connectivity index (χ0) is 14.9. The van der Waals surface area contributed by atoms with Crippen molar-refractivity contribution >= 4 is 5.97 Å². The highest BCUT2D eigenvalue weighted by Crippen LogP contribution is 2.49. The lowest BCUT2D eigenvalue weighted by Gasteiger charge is -2.24. The summed E-state index contributed by atoms with van der Waals surface area (Å²) in [5, 5.41) is 9.04. The summed E-state index contributed by atoms with van der Waals surface area (Å²) in [5.41, 5.74) is 2.74. The Kier molecular flexibility index (Phi) is 4.32. The summed E-state index contributed by atoms with van der Waals surface area (Å²) >= 11 is 0. The largest absolute Gasteiger partial charge is 0.458 e. The fraction of sp³-hybridized carbons (Fsp3) is 0.647. The van der Waals surface area contributed by atoms with Crippen LogP contribution in [0.5, 0.6) is 0 Å². The molecule has 2 rings (SSSR count). The molecule has 0 spiro atoms. The Hall–Kier alpha value is -1.56. The van der Waals surface area contributed by atoms with Gasteiger partial charge in [-0.3, -0.25) is 0 Å². The van der Waals surface area contributed by atoms with E-state index in [0.29, 0.717) is 17.4 Å². The first-order valence-corrected chi connectivity index (χ1v) is 7.35. The monoisotopic (exact) mass is 273 g/mol. The van der Waals surface area contributed by atoms with Crippen molar-refractivity contribution in [1.82, 2.24) is 0 Å². The SMILES string of the molecule is CC(C)=CC(C(=O)OC1CC2CC1CC2C#N)=C(C)C. The lowest BCUT2D eigenvalue weighted by Crippen LogP contribution is -2.27. The average Bonchev–Trinajstić information content (AvgIpc) is 2.94. The normalized spacial score (nSPS) is 30.6. The maximum atomic E-state index is 12.3. The molecule has 4 atom stereocenters. The number of carbonyl (C=O) groups excluding carboxylic acids is 1. The fourth-order valence-electron chi connectivity index (χ4n) is 3.42. The molecule has 2 saturated carbocycles. The van der Waals surface area contributed by atoms with Crippen molar-refractivity contribution in [2.24, 2.45) is 17.8 Å². The van der Waals surface area contributed by atoms with Crippen LogP contribution < -0.4 is 0 Å². The molecule has 2 aliphatic carbocycles. The topological polar surface area (TPSA) is 50.1 Å². The van der Waals surface area contributed by atoms with E-state index in [0.717, 1.165) is 30.4 Å². The summed E-state index contributed by atoms with van der Waals surface area (Å²) < 4.78 is 5.71. The molecular formula is C17H23NO2. The van der Waals surface area contributed by atoms with Gasteiger partial charge in [-0.15, -0.1) is 0 Å². The van der Waals surface area contributed by atoms with Crippen molar-refractivity contribution in [3.63, 3.8) is 0 Å². The lowest BCUT2D eigenvalue weighted by molar-refractivity contribution is -0.146. The van der Waals surface area contributed by atoms with Gasteiger partial charge in [0.2, 0.25) is 0 Å². The summed E-state index contributed by atoms with van der Waals surface area (Å²) in [6.07, 6.45) is 4.70. The van der Waals surface area contributed by atoms with Gasteiger partial charge in [-0.25, -0.2) is 4.79 Å². The Balaban J connectivity index is 2.02. The van der Waals surface area contributed by atoms with Crippen LogP contribution in [0.1, 0.15) is 47.0 Å². The first-order valence-electron chi connectivity index (χ1n) is 7.35. The van der Waals surface area contributed by atoms with E-state index in [1.807, 2.05) is 33.8 Å². The highest BCUT2D eigenvalue weighted by Gasteiger charge is 2.47. The second-order valence-electron chi connectivity index (χ2n) is 6.54. The van der Waals surface area contributed by atoms with Crippen molar-refractivity contribution in [1.29, 1.82) is 5.26 Å². The van der Waals surface area contributed by atoms with E-state index in [1.165, 1.54) is 0 Å². The Morgan fingerprint density at radius 1 is 1.15 bits per heavy atom. The number of hydrogen-bond donors (Lipinski definition) is 0. The van der Waals surface area contributed by atoms with Gasteiger partial charge in [-0.2, -0.15) is 5.26 Å². The summed E-state index contributed by atoms with van der Waals surface area (Å²) in [6, 6.07) is 2.38. The zero-order valence-corrected chi connectivity index (χ0v) is 12.8. The van der Waals surface area contributed by atoms with Crippen molar-refractivity contribution in [3.8, 4) is 6.07 Å². The molecule has 3 nitrogen and oxygen atoms in total. The van der Waals surface area contributed by atoms with Crippen LogP contribution in [0, 0.1) is 29.1 Å². The second-order valence-corrected chi connectivity index (χ2v) is 6.54. The maximum absolute atomic E-state index is 12.3. The number of allylic oxidation sites excluding steroid dienone is 2. The molecule has 108 valence electrons. The first-order chi connectivity index (χ1) is 9.42. The van der Waals surface area contributed by atoms with Gasteiger partial charge in [0, 0.05) is 5.92 Å². The molecule has 0 heterocycles. The molecule has 2 fully saturated rings. The van der Waals surface area contributed by atoms with Gasteiger partial charge in [0.25, 0.3) is 0 Å². The Morgan fingerprint density at radius 3 is 2.30 bits per heavy atom. The van der Waals surface area contributed by atoms with Gasteiger partial charge in [0.15, 0.2) is 0 Å². The van der Waals surface area contributed by atoms with Gasteiger partial charge in [0.05, 0.1) is 11.6 Å². The number of hydrogen-bond acceptors (Lipinski definition) is 3. The van der Waals surface area contributed by atoms with E-state index in [1.54, 1.807) is 0 Å². The summed E-state index contributed by atoms with van der Waals surface area (Å²) in [7, 11) is 0. The number of fused-ring (bicyclic) bond motifs is 2. The fourth-order valence-corrected chi connectivity index (χ4v) is 3.42. The van der Waals surface area contributed by atoms with Crippen LogP contribution in [-0.2, 0) is 9.53 Å². The van der Waals surface area contributed by atoms with E-state index in [-0.39, 0.29) is 18.0 Å². The predicted molar refractivity (Wildman–Crippen MR) is 77.6 cm³/mol. The lowest BCUT2D eigenvalue weighted by atomic mass is 9.88. The Bertz CT molecular complexity index is 502. The van der Waals surface area contributed by atoms with Crippen LogP contribution in [0.2, 0.25) is 0 Å². The number of carbonyl (C=O) groups is 1. The Labute approximate surface area is 121 Å². The third-order valence-electron chi connectivity index (χ3n) is 4.41. The van der Waals surface area contributed by atoms with Crippen LogP contribution >= 0.6 is 0 Å². The third kappa shape index (κ3) is 2.95. The number of nitriles is 1. The molecule has 4 unspecified atom stereocenters. The molecule has 0 aliphatic heterocycles. The minimum atomic E-state index is -0.211. The van der Waals surface area contributed by atoms with Gasteiger partial charge in [-0.1, -0.05) is 11.1 Å². The standard InChI is InChI=1S/C17H23NO2/c1-10(2)5-15(11(3)4)17(19)20-16-8-12-6-13(16)7-14(12)9-18/h5,12-14,16H,6-8H2,1-4H3. The first kappa shape index (κ1) is 14.8. The number of rotatable bonds is 3. The second kappa shape index (κ2) is 5.83. The minimum absolute atomic E-state index is 0.0111. The molecule has 20 heavy (non-hydrogen) atoms. The molecule has 3 heteroatoms. The van der Waals surface area contributed by atoms with Crippen LogP contribution in [0.25, 0.3) is 0 Å². The van der Waals surface area contributed by atoms with Gasteiger partial charge in [-0.05, 0) is 64.9 Å². The highest BCUT2D eigenvalue weighted by atomic mass is 16.5. The molecule has 0 aromatic rings. The molecule has 0 N–H and O–H groups in total. The van der Waals surface area contributed by atoms with Gasteiger partial charge >= 0.3 is 5.97 Å². The van der Waals surface area contributed by atoms with E-state index in [2.05, 4.69) is 6.07 Å². The van der Waals surface area contributed by atoms with E-state index in [4.69, 9.17) is 10.00 Å². The summed E-state index contributed by atoms with van der Waals surface area (Å²) in [6.45, 7) is 7.82. The Morgan fingerprint density at radius 2 is 1.85 bits per heavy atom. The molecule has 0 amide bonds. The number of esters is 1. The van der Waals surface area contributed by atoms with Gasteiger partial charge < -0.3 is 4.74 Å². The maximum Gasteiger partial charge on any atom is 0.338 e. The smallest absolute Gasteiger partial charge is 0.338 e. The van der Waals surface area contributed by atoms with Crippen molar-refractivity contribution in [2.75, 3.05) is 0 Å². The summed E-state index contributed by atoms with van der Waals surface area (Å²) in [5.74, 6) is 0.785. The average molecular weight is 273 g/mol. The molecule has 2 bridgehead atoms. The summed E-state index contributed by atoms with van der Waals surface area (Å²) in [4.78, 5) is 12.3. The molecule has 0 radical (unpaired) electrons. The van der Waals surface area contributed by atoms with Crippen molar-refractivity contribution in [2.45, 2.75) is 53.1 Å². The van der Waals surface area contributed by atoms with Crippen LogP contribution in [-0.4, -0.2) is 12.1 Å². The highest BCUT2D eigenvalue weighted by molar-refractivity contribution is 5.92. The van der Waals surface area contributed by atoms with Gasteiger partial charge in [0.1, 0.15) is 6.10 Å². The van der Waals surface area contributed by atoms with E-state index < -0.39 is 0 Å². The van der Waals surface area contributed by atoms with Crippen LogP contribution in [0.15, 0.2) is 22.8 Å². The zero-order valence-electron chi connectivity index (χ0n) is 12.8. The molecule has 0 saturated heterocycles. The van der Waals surface area contributed by atoms with Crippen LogP contribution in [0.4, 0.5) is 0 Å². The quantitative estimate of drug-likeness (QED) is 0.447. The molecule has 0 aromatic heterocycles. The molecular weight excluding hydrogens is 250 g/mol.